The maximum atomic E-state index is 13.0. The zero-order valence-electron chi connectivity index (χ0n) is 21.7. The second kappa shape index (κ2) is 12.8. The van der Waals surface area contributed by atoms with Crippen molar-refractivity contribution in [1.29, 1.82) is 0 Å². The van der Waals surface area contributed by atoms with Gasteiger partial charge in [-0.05, 0) is 56.7 Å². The lowest BCUT2D eigenvalue weighted by atomic mass is 9.91. The molecule has 1 aliphatic heterocycles. The number of carbonyl (C=O) groups excluding carboxylic acids is 2. The molecule has 4 N–H and O–H groups in total. The van der Waals surface area contributed by atoms with Crippen molar-refractivity contribution in [2.45, 2.75) is 50.9 Å². The van der Waals surface area contributed by atoms with Crippen molar-refractivity contribution in [2.24, 2.45) is 11.7 Å². The van der Waals surface area contributed by atoms with Gasteiger partial charge in [0.25, 0.3) is 5.91 Å². The third kappa shape index (κ3) is 7.70. The van der Waals surface area contributed by atoms with Gasteiger partial charge in [0.1, 0.15) is 0 Å². The molecule has 2 amide bonds. The number of hydrogen-bond donors (Lipinski definition) is 3. The van der Waals surface area contributed by atoms with E-state index in [0.29, 0.717) is 18.1 Å². The Labute approximate surface area is 230 Å². The van der Waals surface area contributed by atoms with Crippen LogP contribution >= 0.6 is 12.4 Å². The maximum Gasteiger partial charge on any atom is 0.409 e. The van der Waals surface area contributed by atoms with Crippen LogP contribution in [-0.2, 0) is 4.74 Å². The first-order valence-electron chi connectivity index (χ1n) is 12.4. The summed E-state index contributed by atoms with van der Waals surface area (Å²) in [6.07, 6.45) is 2.06. The monoisotopic (exact) mass is 574 g/mol. The number of ether oxygens (including phenoxy) is 3. The van der Waals surface area contributed by atoms with Crippen LogP contribution in [0.5, 0.6) is 11.5 Å². The first-order valence-corrected chi connectivity index (χ1v) is 12.4. The number of benzene rings is 1. The normalized spacial score (nSPS) is 17.3. The molecule has 216 valence electrons. The number of alkyl halides is 2. The van der Waals surface area contributed by atoms with Crippen LogP contribution in [0.15, 0.2) is 22.6 Å². The molecule has 2 heterocycles. The zero-order valence-corrected chi connectivity index (χ0v) is 22.5. The summed E-state index contributed by atoms with van der Waals surface area (Å²) in [6, 6.07) is 3.58. The summed E-state index contributed by atoms with van der Waals surface area (Å²) in [5, 5.41) is 13.6. The van der Waals surface area contributed by atoms with Crippen molar-refractivity contribution in [3.05, 3.63) is 29.7 Å². The average molecular weight is 575 g/mol. The summed E-state index contributed by atoms with van der Waals surface area (Å²) in [5.41, 5.74) is 5.13. The lowest BCUT2D eigenvalue weighted by Crippen LogP contribution is -2.52. The minimum atomic E-state index is -3.02. The van der Waals surface area contributed by atoms with Crippen molar-refractivity contribution < 1.29 is 42.1 Å². The molecular formula is C25H33ClF2N4O7. The van der Waals surface area contributed by atoms with E-state index >= 15 is 0 Å². The van der Waals surface area contributed by atoms with Crippen LogP contribution in [0.3, 0.4) is 0 Å². The van der Waals surface area contributed by atoms with Gasteiger partial charge >= 0.3 is 12.7 Å². The lowest BCUT2D eigenvalue weighted by Gasteiger charge is -2.37. The molecule has 0 spiro atoms. The van der Waals surface area contributed by atoms with Gasteiger partial charge in [0, 0.05) is 25.2 Å². The number of aliphatic hydroxyl groups is 1. The fourth-order valence-electron chi connectivity index (χ4n) is 4.11. The molecule has 1 saturated heterocycles. The van der Waals surface area contributed by atoms with Crippen molar-refractivity contribution in [2.75, 3.05) is 33.4 Å². The van der Waals surface area contributed by atoms with Crippen LogP contribution in [0.1, 0.15) is 54.9 Å². The Morgan fingerprint density at radius 1 is 1.28 bits per heavy atom. The van der Waals surface area contributed by atoms with Gasteiger partial charge in [-0.1, -0.05) is 0 Å². The third-order valence-corrected chi connectivity index (χ3v) is 6.57. The number of amides is 2. The Kier molecular flexibility index (Phi) is 9.97. The van der Waals surface area contributed by atoms with Crippen molar-refractivity contribution in [3.63, 3.8) is 0 Å². The smallest absolute Gasteiger partial charge is 0.409 e. The number of nitrogens with zero attached hydrogens (tertiary/aromatic N) is 2. The third-order valence-electron chi connectivity index (χ3n) is 6.57. The number of rotatable bonds is 10. The number of likely N-dealkylation sites (tertiary alicyclic amines) is 1. The molecule has 0 bridgehead atoms. The van der Waals surface area contributed by atoms with Crippen LogP contribution in [0.4, 0.5) is 13.6 Å². The Hall–Kier alpha value is -3.16. The molecule has 2 fully saturated rings. The van der Waals surface area contributed by atoms with Gasteiger partial charge in [0.05, 0.1) is 25.4 Å². The molecule has 11 nitrogen and oxygen atoms in total. The first kappa shape index (κ1) is 30.4. The highest BCUT2D eigenvalue weighted by atomic mass is 35.5. The van der Waals surface area contributed by atoms with Gasteiger partial charge in [-0.3, -0.25) is 4.79 Å². The molecule has 0 radical (unpaired) electrons. The zero-order chi connectivity index (χ0) is 27.4. The van der Waals surface area contributed by atoms with E-state index in [1.165, 1.54) is 30.2 Å². The molecule has 1 atom stereocenters. The van der Waals surface area contributed by atoms with E-state index in [-0.39, 0.29) is 73.7 Å². The van der Waals surface area contributed by atoms with Crippen LogP contribution in [0.25, 0.3) is 11.5 Å². The van der Waals surface area contributed by atoms with Gasteiger partial charge in [0.2, 0.25) is 5.89 Å². The number of nitrogens with one attached hydrogen (secondary N) is 1. The quantitative estimate of drug-likeness (QED) is 0.387. The molecule has 14 heteroatoms. The molecule has 1 aromatic carbocycles. The number of carbonyl (C=O) groups is 2. The van der Waals surface area contributed by atoms with E-state index in [2.05, 4.69) is 15.0 Å². The topological polar surface area (TPSA) is 149 Å². The number of methoxy groups -OCH3 is 1. The number of nitrogens with two attached hydrogens (primary N) is 1. The lowest BCUT2D eigenvalue weighted by molar-refractivity contribution is -0.0515. The van der Waals surface area contributed by atoms with E-state index in [1.54, 1.807) is 6.92 Å². The summed E-state index contributed by atoms with van der Waals surface area (Å²) in [7, 11) is 1.29. The van der Waals surface area contributed by atoms with E-state index in [9.17, 15) is 23.5 Å². The molecule has 39 heavy (non-hydrogen) atoms. The summed E-state index contributed by atoms with van der Waals surface area (Å²) >= 11 is 0. The summed E-state index contributed by atoms with van der Waals surface area (Å²) in [4.78, 5) is 30.5. The Balaban J connectivity index is 0.00000420. The fourth-order valence-corrected chi connectivity index (χ4v) is 4.11. The van der Waals surface area contributed by atoms with E-state index in [4.69, 9.17) is 19.6 Å². The number of oxazole rings is 1. The van der Waals surface area contributed by atoms with Crippen LogP contribution in [0.2, 0.25) is 0 Å². The fraction of sp³-hybridized carbons (Fsp3) is 0.560. The van der Waals surface area contributed by atoms with Gasteiger partial charge < -0.3 is 39.7 Å². The average Bonchev–Trinajstić information content (AvgIpc) is 3.61. The Bertz CT molecular complexity index is 1150. The highest BCUT2D eigenvalue weighted by molar-refractivity contribution is 5.94. The van der Waals surface area contributed by atoms with Crippen LogP contribution in [-0.4, -0.2) is 72.6 Å². The second-order valence-corrected chi connectivity index (χ2v) is 9.68. The van der Waals surface area contributed by atoms with Gasteiger partial charge in [-0.25, -0.2) is 9.78 Å². The molecule has 1 aromatic heterocycles. The molecule has 4 rings (SSSR count). The Morgan fingerprint density at radius 2 is 1.97 bits per heavy atom. The van der Waals surface area contributed by atoms with Gasteiger partial charge in [-0.15, -0.1) is 12.4 Å². The minimum absolute atomic E-state index is 0. The molecular weight excluding hydrogens is 542 g/mol. The molecule has 0 unspecified atom stereocenters. The molecule has 1 saturated carbocycles. The molecule has 1 aliphatic carbocycles. The maximum absolute atomic E-state index is 13.0. The van der Waals surface area contributed by atoms with Crippen molar-refractivity contribution in [1.82, 2.24) is 15.2 Å². The van der Waals surface area contributed by atoms with Crippen molar-refractivity contribution in [3.8, 4) is 23.0 Å². The van der Waals surface area contributed by atoms with E-state index in [1.807, 2.05) is 0 Å². The number of hydrogen-bond acceptors (Lipinski definition) is 9. The van der Waals surface area contributed by atoms with Crippen molar-refractivity contribution >= 4 is 24.4 Å². The molecule has 2 aromatic rings. The van der Waals surface area contributed by atoms with Crippen LogP contribution in [0, 0.1) is 5.92 Å². The summed E-state index contributed by atoms with van der Waals surface area (Å²) in [6.45, 7) is -0.522. The second-order valence-electron chi connectivity index (χ2n) is 9.68. The largest absolute Gasteiger partial charge is 0.489 e. The number of halogens is 3. The first-order chi connectivity index (χ1) is 18.1. The standard InChI is InChI=1S/C25H32F2N4O7.ClH/c1-14(28)20-19(21(32)29-13-25(34)7-9-31(10-8-25)24(33)35-2)30-22(38-20)16-5-6-17(37-23(26)27)18(11-16)36-12-15-3-4-15;/h5-6,11,14-15,23,34H,3-4,7-10,12-13,28H2,1-2H3,(H,29,32);1H/t14-;/m0./s1. The predicted octanol–water partition coefficient (Wildman–Crippen LogP) is 3.50. The molecule has 2 aliphatic rings. The number of piperidine rings is 1. The SMILES string of the molecule is COC(=O)N1CCC(O)(CNC(=O)c2nc(-c3ccc(OC(F)F)c(OCC4CC4)c3)oc2[C@H](C)N)CC1.Cl. The number of aromatic nitrogens is 1. The Morgan fingerprint density at radius 3 is 2.56 bits per heavy atom. The summed E-state index contributed by atoms with van der Waals surface area (Å²) in [5.74, 6) is -0.0540. The highest BCUT2D eigenvalue weighted by Crippen LogP contribution is 2.37. The van der Waals surface area contributed by atoms with Crippen LogP contribution < -0.4 is 20.5 Å². The van der Waals surface area contributed by atoms with Gasteiger partial charge in [0.15, 0.2) is 23.0 Å². The minimum Gasteiger partial charge on any atom is -0.489 e. The van der Waals surface area contributed by atoms with E-state index < -0.39 is 30.3 Å². The van der Waals surface area contributed by atoms with E-state index in [0.717, 1.165) is 12.8 Å². The predicted molar refractivity (Wildman–Crippen MR) is 137 cm³/mol. The highest BCUT2D eigenvalue weighted by Gasteiger charge is 2.35. The van der Waals surface area contributed by atoms with Gasteiger partial charge in [-0.2, -0.15) is 8.78 Å². The summed E-state index contributed by atoms with van der Waals surface area (Å²) < 4.78 is 46.5.